The summed E-state index contributed by atoms with van der Waals surface area (Å²) in [7, 11) is 0. The van der Waals surface area contributed by atoms with Crippen LogP contribution in [0.15, 0.2) is 42.6 Å². The van der Waals surface area contributed by atoms with Crippen molar-refractivity contribution in [2.24, 2.45) is 0 Å². The number of para-hydroxylation sites is 1. The summed E-state index contributed by atoms with van der Waals surface area (Å²) >= 11 is 1.95. The molecule has 1 atom stereocenters. The number of nitrogens with zero attached hydrogens (tertiary/aromatic N) is 2. The van der Waals surface area contributed by atoms with Gasteiger partial charge in [-0.2, -0.15) is 0 Å². The number of rotatable bonds is 1. The van der Waals surface area contributed by atoms with Crippen LogP contribution in [0.3, 0.4) is 0 Å². The Morgan fingerprint density at radius 1 is 1.08 bits per heavy atom. The number of hydrogen-bond donors (Lipinski definition) is 0. The zero-order valence-corrected chi connectivity index (χ0v) is 15.3. The van der Waals surface area contributed by atoms with Gasteiger partial charge in [0.25, 0.3) is 0 Å². The zero-order valence-electron chi connectivity index (χ0n) is 14.5. The van der Waals surface area contributed by atoms with Crippen molar-refractivity contribution >= 4 is 27.2 Å². The third kappa shape index (κ3) is 2.71. The van der Waals surface area contributed by atoms with E-state index in [1.165, 1.54) is 57.6 Å². The fourth-order valence-corrected chi connectivity index (χ4v) is 5.22. The van der Waals surface area contributed by atoms with Crippen molar-refractivity contribution in [1.82, 2.24) is 4.98 Å². The van der Waals surface area contributed by atoms with Crippen LogP contribution in [0.2, 0.25) is 0 Å². The van der Waals surface area contributed by atoms with Crippen molar-refractivity contribution in [2.45, 2.75) is 45.6 Å². The molecule has 0 bridgehead atoms. The second-order valence-corrected chi connectivity index (χ2v) is 7.89. The van der Waals surface area contributed by atoms with Crippen LogP contribution in [0.1, 0.15) is 48.2 Å². The van der Waals surface area contributed by atoms with E-state index in [0.717, 1.165) is 6.54 Å². The van der Waals surface area contributed by atoms with Gasteiger partial charge >= 0.3 is 0 Å². The highest BCUT2D eigenvalue weighted by atomic mass is 32.1. The summed E-state index contributed by atoms with van der Waals surface area (Å²) in [5, 5.41) is 0. The smallest absolute Gasteiger partial charge is 0.0865 e. The third-order valence-corrected chi connectivity index (χ3v) is 6.39. The van der Waals surface area contributed by atoms with Gasteiger partial charge in [-0.3, -0.25) is 4.98 Å². The molecule has 0 saturated heterocycles. The molecule has 3 heterocycles. The standard InChI is InChI=1S/C21H24N2S/c1-15-9-5-6-10-17(15)23-14-7-3-4-11-18-20(16(23)2)21-19(24-18)12-8-13-22-21/h5-6,8-10,12-13,16H,3-4,7,11,14H2,1-2H3/t16-/m0/s1. The van der Waals surface area contributed by atoms with Gasteiger partial charge in [0, 0.05) is 28.9 Å². The summed E-state index contributed by atoms with van der Waals surface area (Å²) in [6.45, 7) is 5.70. The molecule has 0 N–H and O–H groups in total. The van der Waals surface area contributed by atoms with Gasteiger partial charge in [-0.15, -0.1) is 11.3 Å². The van der Waals surface area contributed by atoms with E-state index in [4.69, 9.17) is 4.98 Å². The molecule has 0 aliphatic carbocycles. The van der Waals surface area contributed by atoms with Crippen LogP contribution in [-0.4, -0.2) is 11.5 Å². The number of aryl methyl sites for hydroxylation is 2. The molecule has 124 valence electrons. The summed E-state index contributed by atoms with van der Waals surface area (Å²) < 4.78 is 1.33. The van der Waals surface area contributed by atoms with Gasteiger partial charge in [-0.1, -0.05) is 24.6 Å². The van der Waals surface area contributed by atoms with Gasteiger partial charge in [0.15, 0.2) is 0 Å². The fourth-order valence-electron chi connectivity index (χ4n) is 3.92. The molecule has 2 nitrogen and oxygen atoms in total. The summed E-state index contributed by atoms with van der Waals surface area (Å²) in [5.41, 5.74) is 5.40. The van der Waals surface area contributed by atoms with Crippen molar-refractivity contribution < 1.29 is 0 Å². The van der Waals surface area contributed by atoms with Crippen LogP contribution in [0.5, 0.6) is 0 Å². The summed E-state index contributed by atoms with van der Waals surface area (Å²) in [6, 6.07) is 13.4. The van der Waals surface area contributed by atoms with Crippen LogP contribution in [0, 0.1) is 6.92 Å². The molecule has 1 aliphatic heterocycles. The van der Waals surface area contributed by atoms with E-state index in [-0.39, 0.29) is 0 Å². The van der Waals surface area contributed by atoms with Crippen LogP contribution >= 0.6 is 11.3 Å². The lowest BCUT2D eigenvalue weighted by Gasteiger charge is -2.32. The fraction of sp³-hybridized carbons (Fsp3) is 0.381. The molecule has 1 aliphatic rings. The average Bonchev–Trinajstić information content (AvgIpc) is 2.98. The second-order valence-electron chi connectivity index (χ2n) is 6.76. The van der Waals surface area contributed by atoms with Crippen LogP contribution in [0.4, 0.5) is 5.69 Å². The second kappa shape index (κ2) is 6.56. The van der Waals surface area contributed by atoms with Crippen LogP contribution in [0.25, 0.3) is 10.2 Å². The Morgan fingerprint density at radius 3 is 2.83 bits per heavy atom. The van der Waals surface area contributed by atoms with E-state index in [9.17, 15) is 0 Å². The van der Waals surface area contributed by atoms with E-state index in [1.54, 1.807) is 0 Å². The largest absolute Gasteiger partial charge is 0.364 e. The third-order valence-electron chi connectivity index (χ3n) is 5.17. The van der Waals surface area contributed by atoms with Crippen molar-refractivity contribution in [2.75, 3.05) is 11.4 Å². The molecule has 0 amide bonds. The van der Waals surface area contributed by atoms with Gasteiger partial charge < -0.3 is 4.90 Å². The molecule has 0 saturated carbocycles. The Bertz CT molecular complexity index is 852. The van der Waals surface area contributed by atoms with Gasteiger partial charge in [0.2, 0.25) is 0 Å². The maximum Gasteiger partial charge on any atom is 0.0865 e. The molecule has 0 radical (unpaired) electrons. The first-order chi connectivity index (χ1) is 11.8. The highest BCUT2D eigenvalue weighted by Crippen LogP contribution is 2.40. The van der Waals surface area contributed by atoms with Gasteiger partial charge in [-0.25, -0.2) is 0 Å². The van der Waals surface area contributed by atoms with Crippen molar-refractivity contribution in [3.63, 3.8) is 0 Å². The Balaban J connectivity index is 1.87. The Morgan fingerprint density at radius 2 is 1.96 bits per heavy atom. The average molecular weight is 337 g/mol. The number of anilines is 1. The predicted molar refractivity (Wildman–Crippen MR) is 104 cm³/mol. The molecule has 3 aromatic rings. The van der Waals surface area contributed by atoms with Crippen LogP contribution < -0.4 is 4.90 Å². The Labute approximate surface area is 148 Å². The number of pyridine rings is 1. The lowest BCUT2D eigenvalue weighted by Crippen LogP contribution is -2.28. The number of benzene rings is 1. The number of aromatic nitrogens is 1. The molecule has 24 heavy (non-hydrogen) atoms. The van der Waals surface area contributed by atoms with Crippen LogP contribution in [-0.2, 0) is 6.42 Å². The number of thiophene rings is 1. The van der Waals surface area contributed by atoms with E-state index in [0.29, 0.717) is 6.04 Å². The van der Waals surface area contributed by atoms with E-state index < -0.39 is 0 Å². The SMILES string of the molecule is Cc1ccccc1N1CCCCCc2sc3cccnc3c2[C@@H]1C. The van der Waals surface area contributed by atoms with Crippen molar-refractivity contribution in [1.29, 1.82) is 0 Å². The molecule has 3 heteroatoms. The summed E-state index contributed by atoms with van der Waals surface area (Å²) in [5.74, 6) is 0. The first kappa shape index (κ1) is 15.6. The highest BCUT2D eigenvalue weighted by molar-refractivity contribution is 7.19. The molecule has 0 unspecified atom stereocenters. The molecule has 0 fully saturated rings. The minimum atomic E-state index is 0.364. The molecule has 4 rings (SSSR count). The minimum Gasteiger partial charge on any atom is -0.364 e. The summed E-state index contributed by atoms with van der Waals surface area (Å²) in [4.78, 5) is 8.88. The lowest BCUT2D eigenvalue weighted by molar-refractivity contribution is 0.626. The Hall–Kier alpha value is -1.87. The highest BCUT2D eigenvalue weighted by Gasteiger charge is 2.25. The van der Waals surface area contributed by atoms with Gasteiger partial charge in [0.1, 0.15) is 0 Å². The monoisotopic (exact) mass is 336 g/mol. The molecular formula is C21H24N2S. The number of hydrogen-bond acceptors (Lipinski definition) is 3. The quantitative estimate of drug-likeness (QED) is 0.550. The number of fused-ring (bicyclic) bond motifs is 3. The predicted octanol–water partition coefficient (Wildman–Crippen LogP) is 5.90. The maximum absolute atomic E-state index is 4.74. The van der Waals surface area contributed by atoms with Crippen molar-refractivity contribution in [3.8, 4) is 0 Å². The van der Waals surface area contributed by atoms with Gasteiger partial charge in [0.05, 0.1) is 16.3 Å². The normalized spacial score (nSPS) is 18.8. The first-order valence-corrected chi connectivity index (χ1v) is 9.76. The molecular weight excluding hydrogens is 312 g/mol. The van der Waals surface area contributed by atoms with E-state index >= 15 is 0 Å². The lowest BCUT2D eigenvalue weighted by atomic mass is 10.0. The first-order valence-electron chi connectivity index (χ1n) is 8.94. The molecule has 2 aromatic heterocycles. The van der Waals surface area contributed by atoms with Gasteiger partial charge in [-0.05, 0) is 56.9 Å². The molecule has 1 aromatic carbocycles. The zero-order chi connectivity index (χ0) is 16.5. The van der Waals surface area contributed by atoms with E-state index in [1.807, 2.05) is 17.5 Å². The van der Waals surface area contributed by atoms with E-state index in [2.05, 4.69) is 55.1 Å². The maximum atomic E-state index is 4.74. The van der Waals surface area contributed by atoms with Crippen molar-refractivity contribution in [3.05, 3.63) is 58.6 Å². The minimum absolute atomic E-state index is 0.364. The Kier molecular flexibility index (Phi) is 4.28. The molecule has 0 spiro atoms. The topological polar surface area (TPSA) is 16.1 Å². The summed E-state index contributed by atoms with van der Waals surface area (Å²) in [6.07, 6.45) is 6.98.